The van der Waals surface area contributed by atoms with Crippen LogP contribution in [0.3, 0.4) is 0 Å². The first-order valence-electron chi connectivity index (χ1n) is 29.4. The summed E-state index contributed by atoms with van der Waals surface area (Å²) in [7, 11) is -12.5. The van der Waals surface area contributed by atoms with E-state index in [1.807, 2.05) is 0 Å². The number of fused-ring (bicyclic) bond motifs is 3. The quantitative estimate of drug-likeness (QED) is 0.0599. The smallest absolute Gasteiger partial charge is 0.342 e. The van der Waals surface area contributed by atoms with Crippen molar-refractivity contribution in [3.63, 3.8) is 0 Å². The minimum Gasteiger partial charge on any atom is -0.342 e. The van der Waals surface area contributed by atoms with Crippen molar-refractivity contribution in [2.45, 2.75) is 65.3 Å². The van der Waals surface area contributed by atoms with Crippen molar-refractivity contribution in [1.29, 1.82) is 0 Å². The fourth-order valence-corrected chi connectivity index (χ4v) is 12.7. The number of nitrogens with one attached hydrogen (secondary N) is 3. The van der Waals surface area contributed by atoms with Crippen LogP contribution in [0.5, 0.6) is 0 Å². The van der Waals surface area contributed by atoms with E-state index >= 15 is 0 Å². The molecule has 0 unspecified atom stereocenters. The lowest BCUT2D eigenvalue weighted by atomic mass is 10.0. The molecular weight excluding hydrogens is 1430 g/mol. The molecular formula is C69H50F15N9O6S3. The molecule has 3 heterocycles. The highest BCUT2D eigenvalue weighted by molar-refractivity contribution is 7.89. The van der Waals surface area contributed by atoms with Gasteiger partial charge in [-0.05, 0) is 180 Å². The van der Waals surface area contributed by atoms with Crippen LogP contribution < -0.4 is 15.4 Å². The summed E-state index contributed by atoms with van der Waals surface area (Å²) in [6, 6.07) is 37.5. The number of nitrogens with two attached hydrogens (primary N) is 3. The first-order chi connectivity index (χ1) is 47.4. The highest BCUT2D eigenvalue weighted by Gasteiger charge is 2.35. The van der Waals surface area contributed by atoms with Gasteiger partial charge in [0.25, 0.3) is 0 Å². The first-order valence-corrected chi connectivity index (χ1v) is 34.1. The second kappa shape index (κ2) is 28.2. The number of rotatable bonds is 13. The van der Waals surface area contributed by atoms with Crippen LogP contribution in [0.25, 0.3) is 90.8 Å². The fourth-order valence-electron chi connectivity index (χ4n) is 10.4. The lowest BCUT2D eigenvalue weighted by Gasteiger charge is -2.13. The maximum Gasteiger partial charge on any atom is 0.416 e. The number of sulfonamides is 3. The molecule has 0 atom stereocenters. The number of nitrogens with zero attached hydrogens (tertiary/aromatic N) is 3. The summed E-state index contributed by atoms with van der Waals surface area (Å²) >= 11 is 0. The van der Waals surface area contributed by atoms with Crippen molar-refractivity contribution in [2.75, 3.05) is 0 Å². The van der Waals surface area contributed by atoms with Crippen molar-refractivity contribution in [3.05, 3.63) is 250 Å². The zero-order chi connectivity index (χ0) is 74.3. The molecule has 0 saturated heterocycles. The molecule has 0 aliphatic rings. The molecule has 12 aromatic rings. The van der Waals surface area contributed by atoms with Gasteiger partial charge in [0.05, 0.1) is 75.6 Å². The molecule has 9 aromatic carbocycles. The summed E-state index contributed by atoms with van der Waals surface area (Å²) in [5, 5.41) is 15.8. The summed E-state index contributed by atoms with van der Waals surface area (Å²) in [5.41, 5.74) is 2.39. The fraction of sp³-hybridized carbons (Fsp3) is 0.116. The van der Waals surface area contributed by atoms with Crippen LogP contribution in [-0.4, -0.2) is 55.2 Å². The Morgan fingerprint density at radius 1 is 0.343 bits per heavy atom. The second-order valence-electron chi connectivity index (χ2n) is 22.8. The normalized spacial score (nSPS) is 12.9. The Kier molecular flexibility index (Phi) is 20.5. The van der Waals surface area contributed by atoms with E-state index in [-0.39, 0.29) is 27.1 Å². The molecule has 0 saturated carbocycles. The molecule has 9 N–H and O–H groups in total. The third-order valence-electron chi connectivity index (χ3n) is 15.4. The van der Waals surface area contributed by atoms with Gasteiger partial charge in [-0.1, -0.05) is 78.9 Å². The number of halogens is 15. The van der Waals surface area contributed by atoms with E-state index in [9.17, 15) is 91.1 Å². The van der Waals surface area contributed by atoms with E-state index in [2.05, 4.69) is 29.9 Å². The Labute approximate surface area is 569 Å². The zero-order valence-electron chi connectivity index (χ0n) is 52.0. The molecule has 0 aliphatic heterocycles. The van der Waals surface area contributed by atoms with Gasteiger partial charge in [-0.15, -0.1) is 0 Å². The van der Waals surface area contributed by atoms with Gasteiger partial charge in [-0.2, -0.15) is 65.9 Å². The minimum atomic E-state index is -4.69. The van der Waals surface area contributed by atoms with Gasteiger partial charge >= 0.3 is 30.9 Å². The molecule has 102 heavy (non-hydrogen) atoms. The van der Waals surface area contributed by atoms with Gasteiger partial charge < -0.3 is 15.0 Å². The monoisotopic (exact) mass is 1480 g/mol. The predicted molar refractivity (Wildman–Crippen MR) is 353 cm³/mol. The van der Waals surface area contributed by atoms with E-state index in [1.54, 1.807) is 49.4 Å². The molecule has 0 aliphatic carbocycles. The minimum absolute atomic E-state index is 0.0405. The van der Waals surface area contributed by atoms with Crippen molar-refractivity contribution >= 4 is 87.5 Å². The number of imidazole rings is 3. The number of primary sulfonamides is 3. The van der Waals surface area contributed by atoms with E-state index in [0.717, 1.165) is 60.2 Å². The first kappa shape index (κ1) is 74.2. The number of H-pyrrole nitrogens is 3. The van der Waals surface area contributed by atoms with Crippen LogP contribution in [0.2, 0.25) is 0 Å². The van der Waals surface area contributed by atoms with Crippen LogP contribution in [0.4, 0.5) is 65.9 Å². The molecule has 0 amide bonds. The number of aromatic amines is 3. The average molecular weight is 1480 g/mol. The third-order valence-corrected chi connectivity index (χ3v) is 18.3. The summed E-state index contributed by atoms with van der Waals surface area (Å²) in [4.78, 5) is 21.3. The molecule has 15 nitrogen and oxygen atoms in total. The van der Waals surface area contributed by atoms with Gasteiger partial charge in [-0.25, -0.2) is 55.6 Å². The van der Waals surface area contributed by atoms with Crippen LogP contribution in [0.1, 0.15) is 67.5 Å². The number of aromatic nitrogens is 6. The van der Waals surface area contributed by atoms with E-state index in [0.29, 0.717) is 109 Å². The highest BCUT2D eigenvalue weighted by atomic mass is 32.2. The maximum absolute atomic E-state index is 13.2. The average Bonchev–Trinajstić information content (AvgIpc) is 1.19. The Morgan fingerprint density at radius 2 is 0.686 bits per heavy atom. The van der Waals surface area contributed by atoms with E-state index in [4.69, 9.17) is 15.4 Å². The molecule has 0 fully saturated rings. The van der Waals surface area contributed by atoms with Crippen LogP contribution in [0.15, 0.2) is 197 Å². The Hall–Kier alpha value is -10.5. The molecule has 0 radical (unpaired) electrons. The highest BCUT2D eigenvalue weighted by Crippen LogP contribution is 2.40. The Balaban J connectivity index is 0.000000165. The van der Waals surface area contributed by atoms with E-state index in [1.165, 1.54) is 91.0 Å². The van der Waals surface area contributed by atoms with Crippen LogP contribution in [0, 0.1) is 6.92 Å². The van der Waals surface area contributed by atoms with Gasteiger partial charge in [0.15, 0.2) is 0 Å². The maximum atomic E-state index is 13.2. The van der Waals surface area contributed by atoms with Crippen LogP contribution >= 0.6 is 0 Å². The van der Waals surface area contributed by atoms with Crippen molar-refractivity contribution in [2.24, 2.45) is 15.4 Å². The lowest BCUT2D eigenvalue weighted by molar-refractivity contribution is -0.138. The number of benzene rings is 9. The van der Waals surface area contributed by atoms with Crippen molar-refractivity contribution in [3.8, 4) is 33.4 Å². The molecule has 530 valence electrons. The summed E-state index contributed by atoms with van der Waals surface area (Å²) < 4.78 is 265. The molecule has 33 heteroatoms. The van der Waals surface area contributed by atoms with Gasteiger partial charge in [0.1, 0.15) is 17.5 Å². The Morgan fingerprint density at radius 3 is 1.06 bits per heavy atom. The Bertz CT molecular complexity index is 5550. The summed E-state index contributed by atoms with van der Waals surface area (Å²) in [5.74, 6) is 1.34. The van der Waals surface area contributed by atoms with Crippen LogP contribution in [-0.2, 0) is 73.8 Å². The summed E-state index contributed by atoms with van der Waals surface area (Å²) in [6.45, 7) is 1.78. The topological polar surface area (TPSA) is 267 Å². The largest absolute Gasteiger partial charge is 0.416 e. The molecule has 12 rings (SSSR count). The SMILES string of the molecule is Cc1ccc(-c2ccc3nc(/C=C/c4ccc(C(F)(F)F)cc4)[nH]c3c2)c(S(N)(=O)=O)c1.NS(=O)(=O)c1ccc(C(F)(F)F)cc1-c1ccc2nc(/C=C/c3ccc(C(F)(F)F)cc3)[nH]c2c1.NS(=O)(=O)c1ccc(C(F)(F)F)cc1-c1ccc2nc(CCc3ccc(C(F)(F)F)cc3)[nH]c2c1. The second-order valence-corrected chi connectivity index (χ2v) is 27.4. The van der Waals surface area contributed by atoms with Crippen molar-refractivity contribution < 1.29 is 91.1 Å². The number of alkyl halides is 15. The number of aryl methyl sites for hydroxylation is 3. The van der Waals surface area contributed by atoms with Crippen molar-refractivity contribution in [1.82, 2.24) is 29.9 Å². The number of hydrogen-bond acceptors (Lipinski definition) is 9. The third kappa shape index (κ3) is 18.2. The standard InChI is InChI=1S/C23H17F6N3O2S.C23H15F6N3O2S.C23H18F3N3O2S/c2*24-22(25,26)15-5-1-13(2-6-15)3-10-21-31-18-8-4-14(11-19(18)32-21)17-12-16(23(27,28)29)7-9-20(17)35(30,33)34;1-14-2-9-18(21(12-14)32(27,30)31)16-6-10-19-20(13-16)29-22(28-19)11-5-15-3-7-17(8-4-15)23(24,25)26/h1-2,4-9,11-12H,3,10H2,(H,31,32)(H2,30,33,34);1-12H,(H,31,32)(H2,30,33,34);2-13H,1H3,(H,28,29)(H2,27,30,31)/b;10-3+;11-5+. The molecule has 3 aromatic heterocycles. The zero-order valence-corrected chi connectivity index (χ0v) is 54.4. The summed E-state index contributed by atoms with van der Waals surface area (Å²) in [6.07, 6.45) is -15.5. The molecule has 0 spiro atoms. The van der Waals surface area contributed by atoms with Gasteiger partial charge in [-0.3, -0.25) is 0 Å². The predicted octanol–water partition coefficient (Wildman–Crippen LogP) is 17.2. The van der Waals surface area contributed by atoms with Gasteiger partial charge in [0.2, 0.25) is 30.1 Å². The van der Waals surface area contributed by atoms with Gasteiger partial charge in [0, 0.05) is 23.1 Å². The molecule has 0 bridgehead atoms. The number of hydrogen-bond donors (Lipinski definition) is 6. The lowest BCUT2D eigenvalue weighted by Crippen LogP contribution is -2.15. The van der Waals surface area contributed by atoms with E-state index < -0.39 is 98.6 Å².